The summed E-state index contributed by atoms with van der Waals surface area (Å²) in [4.78, 5) is 42.8. The summed E-state index contributed by atoms with van der Waals surface area (Å²) in [5.74, 6) is 0.268. The quantitative estimate of drug-likeness (QED) is 0.572. The van der Waals surface area contributed by atoms with Gasteiger partial charge in [0.05, 0.1) is 6.54 Å². The van der Waals surface area contributed by atoms with E-state index in [1.807, 2.05) is 32.0 Å². The number of benzene rings is 1. The molecule has 3 rings (SSSR count). The summed E-state index contributed by atoms with van der Waals surface area (Å²) in [6.07, 6.45) is 6.14. The van der Waals surface area contributed by atoms with Gasteiger partial charge in [-0.15, -0.1) is 0 Å². The molecule has 1 heterocycles. The van der Waals surface area contributed by atoms with Gasteiger partial charge in [-0.05, 0) is 37.8 Å². The number of carbonyl (C=O) groups is 3. The van der Waals surface area contributed by atoms with Crippen molar-refractivity contribution in [3.63, 3.8) is 0 Å². The molecular weight excluding hydrogens is 434 g/mol. The highest BCUT2D eigenvalue weighted by Gasteiger charge is 2.38. The Labute approximate surface area is 200 Å². The molecule has 1 aliphatic carbocycles. The first-order chi connectivity index (χ1) is 16.2. The number of hydrogen-bond donors (Lipinski definition) is 2. The second-order valence-corrected chi connectivity index (χ2v) is 9.25. The predicted molar refractivity (Wildman–Crippen MR) is 128 cm³/mol. The van der Waals surface area contributed by atoms with Crippen LogP contribution in [0, 0.1) is 13.8 Å². The monoisotopic (exact) mass is 469 g/mol. The van der Waals surface area contributed by atoms with Gasteiger partial charge in [0.15, 0.2) is 5.82 Å². The number of hydrogen-bond acceptors (Lipinski definition) is 6. The number of anilines is 1. The zero-order chi connectivity index (χ0) is 24.7. The van der Waals surface area contributed by atoms with Gasteiger partial charge in [0.2, 0.25) is 23.6 Å². The third kappa shape index (κ3) is 6.42. The third-order valence-electron chi connectivity index (χ3n) is 6.37. The average molecular weight is 470 g/mol. The number of aryl methyl sites for hydroxylation is 3. The molecule has 1 fully saturated rings. The second kappa shape index (κ2) is 11.3. The molecule has 34 heavy (non-hydrogen) atoms. The van der Waals surface area contributed by atoms with E-state index in [0.717, 1.165) is 55.3 Å². The van der Waals surface area contributed by atoms with Crippen LogP contribution in [0.5, 0.6) is 0 Å². The first kappa shape index (κ1) is 25.4. The minimum atomic E-state index is -0.614. The summed E-state index contributed by atoms with van der Waals surface area (Å²) in [5, 5.41) is 10.1. The molecule has 3 amide bonds. The standard InChI is InChI=1S/C25H35N5O4/c1-17-10-9-11-18(2)23(17)26-20(32)16-30(4)22(33)13-12-21-27-24(29-34-21)25(28-19(3)31)14-7-5-6-8-15-25/h9-11H,5-8,12-16H2,1-4H3,(H,26,32)(H,28,31). The third-order valence-corrected chi connectivity index (χ3v) is 6.37. The first-order valence-electron chi connectivity index (χ1n) is 11.9. The molecule has 0 unspecified atom stereocenters. The van der Waals surface area contributed by atoms with Gasteiger partial charge in [-0.25, -0.2) is 0 Å². The largest absolute Gasteiger partial charge is 0.343 e. The number of nitrogens with zero attached hydrogens (tertiary/aromatic N) is 3. The highest BCUT2D eigenvalue weighted by molar-refractivity contribution is 5.95. The van der Waals surface area contributed by atoms with Crippen LogP contribution in [0.4, 0.5) is 5.69 Å². The molecule has 0 bridgehead atoms. The van der Waals surface area contributed by atoms with E-state index in [9.17, 15) is 14.4 Å². The lowest BCUT2D eigenvalue weighted by molar-refractivity contribution is -0.133. The first-order valence-corrected chi connectivity index (χ1v) is 11.9. The van der Waals surface area contributed by atoms with Crippen LogP contribution >= 0.6 is 0 Å². The Hall–Kier alpha value is -3.23. The molecule has 2 aromatic rings. The molecule has 184 valence electrons. The van der Waals surface area contributed by atoms with Gasteiger partial charge in [0, 0.05) is 32.5 Å². The molecule has 1 aliphatic rings. The van der Waals surface area contributed by atoms with Crippen molar-refractivity contribution in [2.75, 3.05) is 18.9 Å². The van der Waals surface area contributed by atoms with Gasteiger partial charge < -0.3 is 20.1 Å². The number of rotatable bonds is 8. The van der Waals surface area contributed by atoms with E-state index in [0.29, 0.717) is 11.7 Å². The van der Waals surface area contributed by atoms with E-state index >= 15 is 0 Å². The fourth-order valence-electron chi connectivity index (χ4n) is 4.52. The maximum Gasteiger partial charge on any atom is 0.243 e. The van der Waals surface area contributed by atoms with Gasteiger partial charge in [0.25, 0.3) is 0 Å². The number of para-hydroxylation sites is 1. The molecule has 1 saturated carbocycles. The summed E-state index contributed by atoms with van der Waals surface area (Å²) in [5.41, 5.74) is 2.11. The second-order valence-electron chi connectivity index (χ2n) is 9.25. The van der Waals surface area contributed by atoms with Crippen molar-refractivity contribution in [3.05, 3.63) is 41.0 Å². The normalized spacial score (nSPS) is 15.3. The van der Waals surface area contributed by atoms with E-state index in [4.69, 9.17) is 4.52 Å². The highest BCUT2D eigenvalue weighted by atomic mass is 16.5. The van der Waals surface area contributed by atoms with Crippen LogP contribution in [-0.2, 0) is 26.3 Å². The van der Waals surface area contributed by atoms with Crippen LogP contribution in [0.2, 0.25) is 0 Å². The Bertz CT molecular complexity index is 1000. The Morgan fingerprint density at radius 1 is 1.09 bits per heavy atom. The smallest absolute Gasteiger partial charge is 0.243 e. The van der Waals surface area contributed by atoms with E-state index in [2.05, 4.69) is 20.8 Å². The van der Waals surface area contributed by atoms with Gasteiger partial charge in [-0.2, -0.15) is 4.98 Å². The van der Waals surface area contributed by atoms with Crippen molar-refractivity contribution in [1.29, 1.82) is 0 Å². The highest BCUT2D eigenvalue weighted by Crippen LogP contribution is 2.34. The van der Waals surface area contributed by atoms with E-state index in [-0.39, 0.29) is 37.1 Å². The maximum atomic E-state index is 12.6. The van der Waals surface area contributed by atoms with Gasteiger partial charge in [-0.1, -0.05) is 49.0 Å². The SMILES string of the molecule is CC(=O)NC1(c2noc(CCC(=O)N(C)CC(=O)Nc3c(C)cccc3C)n2)CCCCCC1. The average Bonchev–Trinajstić information content (AvgIpc) is 3.14. The van der Waals surface area contributed by atoms with Crippen LogP contribution in [0.25, 0.3) is 0 Å². The Kier molecular flexibility index (Phi) is 8.41. The van der Waals surface area contributed by atoms with Crippen molar-refractivity contribution < 1.29 is 18.9 Å². The summed E-state index contributed by atoms with van der Waals surface area (Å²) < 4.78 is 5.42. The predicted octanol–water partition coefficient (Wildman–Crippen LogP) is 3.40. The minimum absolute atomic E-state index is 0.0483. The summed E-state index contributed by atoms with van der Waals surface area (Å²) in [6, 6.07) is 5.80. The minimum Gasteiger partial charge on any atom is -0.343 e. The molecule has 0 saturated heterocycles. The number of likely N-dealkylation sites (N-methyl/N-ethyl adjacent to an activating group) is 1. The van der Waals surface area contributed by atoms with Crippen LogP contribution < -0.4 is 10.6 Å². The fraction of sp³-hybridized carbons (Fsp3) is 0.560. The molecule has 9 heteroatoms. The summed E-state index contributed by atoms with van der Waals surface area (Å²) >= 11 is 0. The van der Waals surface area contributed by atoms with E-state index in [1.165, 1.54) is 11.8 Å². The van der Waals surface area contributed by atoms with Crippen LogP contribution in [0.3, 0.4) is 0 Å². The zero-order valence-electron chi connectivity index (χ0n) is 20.6. The van der Waals surface area contributed by atoms with E-state index in [1.54, 1.807) is 7.05 Å². The van der Waals surface area contributed by atoms with Gasteiger partial charge in [-0.3, -0.25) is 14.4 Å². The number of carbonyl (C=O) groups excluding carboxylic acids is 3. The Morgan fingerprint density at radius 2 is 1.74 bits per heavy atom. The fourth-order valence-corrected chi connectivity index (χ4v) is 4.52. The number of aromatic nitrogens is 2. The molecule has 2 N–H and O–H groups in total. The van der Waals surface area contributed by atoms with Gasteiger partial charge in [0.1, 0.15) is 5.54 Å². The van der Waals surface area contributed by atoms with Crippen molar-refractivity contribution in [2.24, 2.45) is 0 Å². The molecule has 9 nitrogen and oxygen atoms in total. The summed E-state index contributed by atoms with van der Waals surface area (Å²) in [6.45, 7) is 5.31. The van der Waals surface area contributed by atoms with Crippen molar-refractivity contribution >= 4 is 23.4 Å². The number of amides is 3. The van der Waals surface area contributed by atoms with Crippen molar-refractivity contribution in [2.45, 2.75) is 77.7 Å². The number of nitrogens with one attached hydrogen (secondary N) is 2. The maximum absolute atomic E-state index is 12.6. The zero-order valence-corrected chi connectivity index (χ0v) is 20.6. The topological polar surface area (TPSA) is 117 Å². The van der Waals surface area contributed by atoms with Crippen LogP contribution in [0.1, 0.15) is 74.7 Å². The molecule has 1 aromatic heterocycles. The molecular formula is C25H35N5O4. The van der Waals surface area contributed by atoms with E-state index < -0.39 is 5.54 Å². The molecule has 1 aromatic carbocycles. The Balaban J connectivity index is 1.56. The van der Waals surface area contributed by atoms with Crippen molar-refractivity contribution in [3.8, 4) is 0 Å². The lowest BCUT2D eigenvalue weighted by atomic mass is 9.89. The summed E-state index contributed by atoms with van der Waals surface area (Å²) in [7, 11) is 1.60. The van der Waals surface area contributed by atoms with Gasteiger partial charge >= 0.3 is 0 Å². The molecule has 0 radical (unpaired) electrons. The molecule has 0 spiro atoms. The lowest BCUT2D eigenvalue weighted by Crippen LogP contribution is -2.45. The molecule has 0 atom stereocenters. The van der Waals surface area contributed by atoms with Crippen molar-refractivity contribution in [1.82, 2.24) is 20.4 Å². The van der Waals surface area contributed by atoms with Crippen LogP contribution in [-0.4, -0.2) is 46.4 Å². The Morgan fingerprint density at radius 3 is 2.35 bits per heavy atom. The molecule has 0 aliphatic heterocycles. The van der Waals surface area contributed by atoms with Crippen LogP contribution in [0.15, 0.2) is 22.7 Å². The lowest BCUT2D eigenvalue weighted by Gasteiger charge is -2.30.